The number of hydrogen-bond acceptors (Lipinski definition) is 3. The predicted molar refractivity (Wildman–Crippen MR) is 58.8 cm³/mol. The molecule has 1 aliphatic heterocycles. The highest BCUT2D eigenvalue weighted by Gasteiger charge is 2.16. The minimum absolute atomic E-state index is 0.247. The number of aliphatic hydroxyl groups is 1. The van der Waals surface area contributed by atoms with Crippen LogP contribution in [0.15, 0.2) is 18.2 Å². The maximum Gasteiger partial charge on any atom is 0.142 e. The summed E-state index contributed by atoms with van der Waals surface area (Å²) in [5.41, 5.74) is 2.51. The highest BCUT2D eigenvalue weighted by molar-refractivity contribution is 5.37. The lowest BCUT2D eigenvalue weighted by Gasteiger charge is -2.28. The average Bonchev–Trinajstić information content (AvgIpc) is 2.25. The summed E-state index contributed by atoms with van der Waals surface area (Å²) >= 11 is 0. The Hall–Kier alpha value is -1.06. The largest absolute Gasteiger partial charge is 0.478 e. The third kappa shape index (κ3) is 2.49. The van der Waals surface area contributed by atoms with E-state index >= 15 is 0 Å². The van der Waals surface area contributed by atoms with Crippen LogP contribution in [-0.2, 0) is 6.54 Å². The van der Waals surface area contributed by atoms with Crippen LogP contribution in [0.2, 0.25) is 0 Å². The van der Waals surface area contributed by atoms with Crippen molar-refractivity contribution in [3.8, 4) is 5.75 Å². The zero-order valence-electron chi connectivity index (χ0n) is 9.07. The van der Waals surface area contributed by atoms with Crippen molar-refractivity contribution >= 4 is 0 Å². The molecule has 1 heterocycles. The molecule has 2 rings (SSSR count). The molecule has 0 unspecified atom stereocenters. The summed E-state index contributed by atoms with van der Waals surface area (Å²) in [6.45, 7) is 4.79. The normalized spacial score (nSPS) is 15.9. The molecule has 1 aromatic carbocycles. The van der Waals surface area contributed by atoms with Crippen molar-refractivity contribution in [3.05, 3.63) is 29.3 Å². The maximum atomic E-state index is 8.77. The first-order valence-corrected chi connectivity index (χ1v) is 5.35. The van der Waals surface area contributed by atoms with Crippen LogP contribution >= 0.6 is 0 Å². The van der Waals surface area contributed by atoms with E-state index in [2.05, 4.69) is 24.0 Å². The van der Waals surface area contributed by atoms with Gasteiger partial charge in [0.1, 0.15) is 12.5 Å². The van der Waals surface area contributed by atoms with E-state index in [0.717, 1.165) is 25.3 Å². The van der Waals surface area contributed by atoms with Crippen molar-refractivity contribution in [3.63, 3.8) is 0 Å². The van der Waals surface area contributed by atoms with Crippen molar-refractivity contribution in [1.82, 2.24) is 4.90 Å². The molecule has 0 radical (unpaired) electrons. The van der Waals surface area contributed by atoms with Crippen LogP contribution in [0.5, 0.6) is 5.75 Å². The Bertz CT molecular complexity index is 338. The number of hydrogen-bond donors (Lipinski definition) is 1. The molecule has 3 nitrogen and oxygen atoms in total. The number of fused-ring (bicyclic) bond motifs is 1. The molecule has 1 aliphatic rings. The highest BCUT2D eigenvalue weighted by atomic mass is 16.5. The summed E-state index contributed by atoms with van der Waals surface area (Å²) in [5.74, 6) is 1.00. The van der Waals surface area contributed by atoms with Gasteiger partial charge in [0, 0.05) is 25.3 Å². The van der Waals surface area contributed by atoms with Gasteiger partial charge in [0.25, 0.3) is 0 Å². The Morgan fingerprint density at radius 1 is 1.47 bits per heavy atom. The number of ether oxygens (including phenoxy) is 1. The summed E-state index contributed by atoms with van der Waals surface area (Å²) < 4.78 is 5.63. The summed E-state index contributed by atoms with van der Waals surface area (Å²) in [6, 6.07) is 6.27. The Morgan fingerprint density at radius 3 is 3.13 bits per heavy atom. The van der Waals surface area contributed by atoms with Crippen LogP contribution in [0.3, 0.4) is 0 Å². The van der Waals surface area contributed by atoms with Crippen LogP contribution in [-0.4, -0.2) is 29.9 Å². The van der Waals surface area contributed by atoms with E-state index in [1.54, 1.807) is 0 Å². The minimum atomic E-state index is 0.247. The van der Waals surface area contributed by atoms with Crippen LogP contribution in [0.4, 0.5) is 0 Å². The van der Waals surface area contributed by atoms with Crippen molar-refractivity contribution in [2.45, 2.75) is 19.9 Å². The van der Waals surface area contributed by atoms with Gasteiger partial charge in [0.2, 0.25) is 0 Å². The molecule has 0 fully saturated rings. The topological polar surface area (TPSA) is 32.7 Å². The fraction of sp³-hybridized carbons (Fsp3) is 0.500. The highest BCUT2D eigenvalue weighted by Crippen LogP contribution is 2.25. The van der Waals surface area contributed by atoms with Crippen LogP contribution in [0.1, 0.15) is 17.5 Å². The smallest absolute Gasteiger partial charge is 0.142 e. The van der Waals surface area contributed by atoms with E-state index in [-0.39, 0.29) is 6.61 Å². The third-order valence-electron chi connectivity index (χ3n) is 2.65. The number of aryl methyl sites for hydroxylation is 1. The zero-order chi connectivity index (χ0) is 10.7. The average molecular weight is 207 g/mol. The molecular formula is C12H17NO2. The molecule has 0 spiro atoms. The summed E-state index contributed by atoms with van der Waals surface area (Å²) in [4.78, 5) is 2.21. The SMILES string of the molecule is Cc1ccc2c(c1)CN(CCCO)CO2. The van der Waals surface area contributed by atoms with Crippen LogP contribution in [0, 0.1) is 6.92 Å². The maximum absolute atomic E-state index is 8.77. The first kappa shape index (κ1) is 10.5. The Labute approximate surface area is 90.3 Å². The molecule has 0 saturated carbocycles. The predicted octanol–water partition coefficient (Wildman–Crippen LogP) is 1.53. The summed E-state index contributed by atoms with van der Waals surface area (Å²) in [6.07, 6.45) is 0.810. The van der Waals surface area contributed by atoms with Crippen LogP contribution < -0.4 is 4.74 Å². The van der Waals surface area contributed by atoms with Gasteiger partial charge in [-0.1, -0.05) is 17.7 Å². The fourth-order valence-electron chi connectivity index (χ4n) is 1.86. The lowest BCUT2D eigenvalue weighted by Crippen LogP contribution is -2.33. The van der Waals surface area contributed by atoms with Crippen LogP contribution in [0.25, 0.3) is 0 Å². The number of benzene rings is 1. The molecule has 0 amide bonds. The van der Waals surface area contributed by atoms with Gasteiger partial charge in [0.15, 0.2) is 0 Å². The van der Waals surface area contributed by atoms with Gasteiger partial charge in [0.05, 0.1) is 0 Å². The number of nitrogens with zero attached hydrogens (tertiary/aromatic N) is 1. The molecular weight excluding hydrogens is 190 g/mol. The molecule has 0 aromatic heterocycles. The van der Waals surface area contributed by atoms with Crippen molar-refractivity contribution in [1.29, 1.82) is 0 Å². The van der Waals surface area contributed by atoms with Gasteiger partial charge in [-0.2, -0.15) is 0 Å². The van der Waals surface area contributed by atoms with Gasteiger partial charge in [-0.15, -0.1) is 0 Å². The summed E-state index contributed by atoms with van der Waals surface area (Å²) in [5, 5.41) is 8.77. The second-order valence-corrected chi connectivity index (χ2v) is 4.01. The van der Waals surface area contributed by atoms with Crippen molar-refractivity contribution in [2.75, 3.05) is 19.9 Å². The molecule has 0 atom stereocenters. The molecule has 0 saturated heterocycles. The van der Waals surface area contributed by atoms with E-state index in [0.29, 0.717) is 6.73 Å². The monoisotopic (exact) mass is 207 g/mol. The number of rotatable bonds is 3. The molecule has 1 aromatic rings. The van der Waals surface area contributed by atoms with E-state index in [4.69, 9.17) is 9.84 Å². The molecule has 0 aliphatic carbocycles. The van der Waals surface area contributed by atoms with Gasteiger partial charge >= 0.3 is 0 Å². The molecule has 15 heavy (non-hydrogen) atoms. The molecule has 1 N–H and O–H groups in total. The quantitative estimate of drug-likeness (QED) is 0.816. The Morgan fingerprint density at radius 2 is 2.33 bits per heavy atom. The van der Waals surface area contributed by atoms with Gasteiger partial charge < -0.3 is 9.84 Å². The number of aliphatic hydroxyl groups excluding tert-OH is 1. The minimum Gasteiger partial charge on any atom is -0.478 e. The van der Waals surface area contributed by atoms with E-state index in [1.807, 2.05) is 6.07 Å². The Balaban J connectivity index is 2.05. The molecule has 0 bridgehead atoms. The Kier molecular flexibility index (Phi) is 3.23. The van der Waals surface area contributed by atoms with Crippen molar-refractivity contribution < 1.29 is 9.84 Å². The zero-order valence-corrected chi connectivity index (χ0v) is 9.07. The first-order valence-electron chi connectivity index (χ1n) is 5.35. The van der Waals surface area contributed by atoms with Gasteiger partial charge in [-0.25, -0.2) is 0 Å². The van der Waals surface area contributed by atoms with E-state index < -0.39 is 0 Å². The lowest BCUT2D eigenvalue weighted by molar-refractivity contribution is 0.0883. The fourth-order valence-corrected chi connectivity index (χ4v) is 1.86. The second kappa shape index (κ2) is 4.64. The molecule has 82 valence electrons. The third-order valence-corrected chi connectivity index (χ3v) is 2.65. The first-order chi connectivity index (χ1) is 7.29. The molecule has 3 heteroatoms. The standard InChI is InChI=1S/C12H17NO2/c1-10-3-4-12-11(7-10)8-13(9-15-12)5-2-6-14/h3-4,7,14H,2,5-6,8-9H2,1H3. The van der Waals surface area contributed by atoms with Gasteiger partial charge in [-0.3, -0.25) is 4.90 Å². The van der Waals surface area contributed by atoms with E-state index in [9.17, 15) is 0 Å². The lowest BCUT2D eigenvalue weighted by atomic mass is 10.1. The van der Waals surface area contributed by atoms with Gasteiger partial charge in [-0.05, 0) is 19.4 Å². The van der Waals surface area contributed by atoms with E-state index in [1.165, 1.54) is 11.1 Å². The summed E-state index contributed by atoms with van der Waals surface area (Å²) in [7, 11) is 0. The van der Waals surface area contributed by atoms with Crippen molar-refractivity contribution in [2.24, 2.45) is 0 Å². The second-order valence-electron chi connectivity index (χ2n) is 4.01.